The van der Waals surface area contributed by atoms with Crippen molar-refractivity contribution in [2.75, 3.05) is 4.90 Å². The minimum absolute atomic E-state index is 0.0473. The number of nitrogens with zero attached hydrogens (tertiary/aromatic N) is 2. The van der Waals surface area contributed by atoms with Crippen LogP contribution in [0.15, 0.2) is 0 Å². The first-order valence-corrected chi connectivity index (χ1v) is 6.64. The van der Waals surface area contributed by atoms with E-state index >= 15 is 0 Å². The lowest BCUT2D eigenvalue weighted by molar-refractivity contribution is 0.652. The van der Waals surface area contributed by atoms with Gasteiger partial charge in [0, 0.05) is 0 Å². The molecule has 1 aromatic heterocycles. The van der Waals surface area contributed by atoms with Gasteiger partial charge >= 0.3 is 0 Å². The number of aromatic nitrogens is 1. The fraction of sp³-hybridized carbons (Fsp3) is 0.545. The summed E-state index contributed by atoms with van der Waals surface area (Å²) in [5.74, 6) is 0. The summed E-state index contributed by atoms with van der Waals surface area (Å²) in [6.45, 7) is 8.45. The first-order valence-electron chi connectivity index (χ1n) is 5.12. The van der Waals surface area contributed by atoms with E-state index in [9.17, 15) is 0 Å². The summed E-state index contributed by atoms with van der Waals surface area (Å²) < 4.78 is 0. The van der Waals surface area contributed by atoms with E-state index in [2.05, 4.69) is 37.6 Å². The van der Waals surface area contributed by atoms with Gasteiger partial charge in [0.05, 0.1) is 16.8 Å². The molecular weight excluding hydrogens is 302 g/mol. The van der Waals surface area contributed by atoms with Crippen LogP contribution in [0.25, 0.3) is 0 Å². The van der Waals surface area contributed by atoms with Crippen molar-refractivity contribution in [3.63, 3.8) is 0 Å². The fourth-order valence-electron chi connectivity index (χ4n) is 2.15. The zero-order valence-electron chi connectivity index (χ0n) is 9.91. The Morgan fingerprint density at radius 1 is 0.824 bits per heavy atom. The van der Waals surface area contributed by atoms with Crippen LogP contribution in [0.4, 0.5) is 5.69 Å². The number of anilines is 1. The normalized spacial score (nSPS) is 20.6. The molecule has 0 amide bonds. The zero-order chi connectivity index (χ0) is 13.2. The maximum atomic E-state index is 6.18. The van der Waals surface area contributed by atoms with Gasteiger partial charge in [0.2, 0.25) is 0 Å². The molecule has 1 aliphatic rings. The molecule has 1 aliphatic heterocycles. The topological polar surface area (TPSA) is 15.9 Å². The van der Waals surface area contributed by atoms with Gasteiger partial charge in [-0.15, -0.1) is 0 Å². The molecule has 6 heteroatoms. The molecule has 1 fully saturated rings. The molecule has 17 heavy (non-hydrogen) atoms. The largest absolute Gasteiger partial charge is 0.354 e. The van der Waals surface area contributed by atoms with Crippen LogP contribution in [0.1, 0.15) is 27.7 Å². The SMILES string of the molecule is CC1(C)N(c2c(Cl)c(Cl)nc(Cl)c2Cl)C1(C)C. The van der Waals surface area contributed by atoms with Gasteiger partial charge in [-0.3, -0.25) is 0 Å². The van der Waals surface area contributed by atoms with Crippen molar-refractivity contribution in [2.45, 2.75) is 38.8 Å². The van der Waals surface area contributed by atoms with Gasteiger partial charge in [0.25, 0.3) is 0 Å². The minimum atomic E-state index is -0.0473. The van der Waals surface area contributed by atoms with Crippen molar-refractivity contribution in [1.82, 2.24) is 4.98 Å². The lowest BCUT2D eigenvalue weighted by Crippen LogP contribution is -2.10. The summed E-state index contributed by atoms with van der Waals surface area (Å²) in [6.07, 6.45) is 0. The minimum Gasteiger partial charge on any atom is -0.354 e. The van der Waals surface area contributed by atoms with E-state index in [-0.39, 0.29) is 21.4 Å². The molecule has 0 N–H and O–H groups in total. The molecule has 94 valence electrons. The molecule has 0 atom stereocenters. The highest BCUT2D eigenvalue weighted by atomic mass is 35.5. The molecule has 0 bridgehead atoms. The summed E-state index contributed by atoms with van der Waals surface area (Å²) in [5.41, 5.74) is 0.566. The van der Waals surface area contributed by atoms with Crippen molar-refractivity contribution in [3.8, 4) is 0 Å². The van der Waals surface area contributed by atoms with Crippen LogP contribution in [0.5, 0.6) is 0 Å². The van der Waals surface area contributed by atoms with E-state index in [1.807, 2.05) is 0 Å². The predicted octanol–water partition coefficient (Wildman–Crippen LogP) is 5.07. The van der Waals surface area contributed by atoms with Crippen LogP contribution in [-0.2, 0) is 0 Å². The van der Waals surface area contributed by atoms with Crippen molar-refractivity contribution in [2.24, 2.45) is 0 Å². The molecule has 0 aromatic carbocycles. The van der Waals surface area contributed by atoms with Gasteiger partial charge < -0.3 is 4.90 Å². The van der Waals surface area contributed by atoms with E-state index in [4.69, 9.17) is 46.4 Å². The second-order valence-corrected chi connectivity index (χ2v) is 6.60. The quantitative estimate of drug-likeness (QED) is 0.531. The average Bonchev–Trinajstić information content (AvgIpc) is 2.58. The number of pyridine rings is 1. The second kappa shape index (κ2) is 3.80. The van der Waals surface area contributed by atoms with Gasteiger partial charge in [-0.1, -0.05) is 46.4 Å². The number of hydrogen-bond acceptors (Lipinski definition) is 2. The first kappa shape index (κ1) is 13.5. The maximum absolute atomic E-state index is 6.18. The second-order valence-electron chi connectivity index (χ2n) is 5.12. The Morgan fingerprint density at radius 2 is 1.18 bits per heavy atom. The van der Waals surface area contributed by atoms with E-state index < -0.39 is 0 Å². The van der Waals surface area contributed by atoms with Gasteiger partial charge in [0.1, 0.15) is 10.0 Å². The Hall–Kier alpha value is 0.110. The predicted molar refractivity (Wildman–Crippen MR) is 74.9 cm³/mol. The lowest BCUT2D eigenvalue weighted by Gasteiger charge is -2.15. The van der Waals surface area contributed by atoms with Gasteiger partial charge in [0.15, 0.2) is 10.3 Å². The fourth-order valence-corrected chi connectivity index (χ4v) is 3.03. The Balaban J connectivity index is 2.63. The van der Waals surface area contributed by atoms with Crippen LogP contribution >= 0.6 is 46.4 Å². The lowest BCUT2D eigenvalue weighted by atomic mass is 10.0. The highest BCUT2D eigenvalue weighted by molar-refractivity contribution is 6.49. The highest BCUT2D eigenvalue weighted by Gasteiger charge is 2.64. The van der Waals surface area contributed by atoms with Crippen molar-refractivity contribution in [1.29, 1.82) is 0 Å². The molecule has 0 radical (unpaired) electrons. The third-order valence-electron chi connectivity index (χ3n) is 3.76. The molecular formula is C11H12Cl4N2. The van der Waals surface area contributed by atoms with Gasteiger partial charge in [-0.05, 0) is 27.7 Å². The summed E-state index contributed by atoms with van der Waals surface area (Å²) in [6, 6.07) is 0. The Morgan fingerprint density at radius 3 is 1.47 bits per heavy atom. The van der Waals surface area contributed by atoms with E-state index in [0.29, 0.717) is 15.7 Å². The molecule has 2 heterocycles. The highest BCUT2D eigenvalue weighted by Crippen LogP contribution is 2.58. The smallest absolute Gasteiger partial charge is 0.151 e. The molecule has 0 unspecified atom stereocenters. The van der Waals surface area contributed by atoms with Crippen LogP contribution in [-0.4, -0.2) is 16.1 Å². The summed E-state index contributed by atoms with van der Waals surface area (Å²) >= 11 is 24.2. The molecule has 0 spiro atoms. The van der Waals surface area contributed by atoms with Crippen LogP contribution < -0.4 is 4.90 Å². The zero-order valence-corrected chi connectivity index (χ0v) is 12.9. The summed E-state index contributed by atoms with van der Waals surface area (Å²) in [4.78, 5) is 5.98. The standard InChI is InChI=1S/C11H12Cl4N2/c1-10(2)11(3,4)17(10)7-5(12)8(14)16-9(15)6(7)13/h1-4H3. The summed E-state index contributed by atoms with van der Waals surface area (Å²) in [7, 11) is 0. The third-order valence-corrected chi connectivity index (χ3v) is 5.22. The van der Waals surface area contributed by atoms with E-state index in [1.54, 1.807) is 0 Å². The van der Waals surface area contributed by atoms with Gasteiger partial charge in [-0.25, -0.2) is 4.98 Å². The van der Waals surface area contributed by atoms with Gasteiger partial charge in [-0.2, -0.15) is 0 Å². The van der Waals surface area contributed by atoms with Crippen LogP contribution in [0.2, 0.25) is 20.4 Å². The van der Waals surface area contributed by atoms with E-state index in [0.717, 1.165) is 0 Å². The molecule has 0 aliphatic carbocycles. The van der Waals surface area contributed by atoms with Crippen molar-refractivity contribution < 1.29 is 0 Å². The van der Waals surface area contributed by atoms with Crippen molar-refractivity contribution >= 4 is 52.1 Å². The monoisotopic (exact) mass is 312 g/mol. The summed E-state index contributed by atoms with van der Waals surface area (Å²) in [5, 5.41) is 1.04. The molecule has 0 saturated carbocycles. The number of hydrogen-bond donors (Lipinski definition) is 0. The number of halogens is 4. The molecule has 2 rings (SSSR count). The Labute approximate surface area is 121 Å². The Kier molecular flexibility index (Phi) is 3.03. The molecule has 1 saturated heterocycles. The Bertz CT molecular complexity index is 456. The average molecular weight is 314 g/mol. The maximum Gasteiger partial charge on any atom is 0.151 e. The van der Waals surface area contributed by atoms with E-state index in [1.165, 1.54) is 0 Å². The van der Waals surface area contributed by atoms with Crippen LogP contribution in [0, 0.1) is 0 Å². The molecule has 1 aromatic rings. The number of rotatable bonds is 1. The van der Waals surface area contributed by atoms with Crippen LogP contribution in [0.3, 0.4) is 0 Å². The first-order chi connectivity index (χ1) is 7.62. The molecule has 2 nitrogen and oxygen atoms in total. The van der Waals surface area contributed by atoms with Crippen molar-refractivity contribution in [3.05, 3.63) is 20.4 Å². The third kappa shape index (κ3) is 1.73.